The van der Waals surface area contributed by atoms with Gasteiger partial charge in [-0.15, -0.1) is 0 Å². The molecule has 0 aromatic rings. The molecule has 0 bridgehead atoms. The Bertz CT molecular complexity index is 351. The van der Waals surface area contributed by atoms with Crippen LogP contribution in [0.25, 0.3) is 0 Å². The first-order chi connectivity index (χ1) is 7.79. The van der Waals surface area contributed by atoms with Crippen LogP contribution in [0, 0.1) is 0 Å². The molecule has 0 aliphatic carbocycles. The van der Waals surface area contributed by atoms with Crippen LogP contribution in [0.3, 0.4) is 0 Å². The lowest BCUT2D eigenvalue weighted by atomic mass is 10.4. The average molecular weight is 240 g/mol. The second kappa shape index (κ2) is 5.09. The Hall–Kier alpha value is -1.69. The van der Waals surface area contributed by atoms with E-state index in [-0.39, 0.29) is 30.8 Å². The molecule has 6 nitrogen and oxygen atoms in total. The first-order valence-corrected chi connectivity index (χ1v) is 5.40. The number of rotatable bonds is 5. The van der Waals surface area contributed by atoms with Crippen molar-refractivity contribution in [1.82, 2.24) is 10.2 Å². The summed E-state index contributed by atoms with van der Waals surface area (Å²) in [7, 11) is 5.74. The molecule has 94 valence electrons. The first-order valence-electron chi connectivity index (χ1n) is 5.40. The van der Waals surface area contributed by atoms with E-state index in [2.05, 4.69) is 5.32 Å². The van der Waals surface area contributed by atoms with Gasteiger partial charge in [-0.3, -0.25) is 19.3 Å². The normalized spacial score (nSPS) is 15.6. The largest absolute Gasteiger partial charge is 0.349 e. The average Bonchev–Trinajstić information content (AvgIpc) is 2.46. The van der Waals surface area contributed by atoms with Crippen LogP contribution >= 0.6 is 0 Å². The molecule has 0 radical (unpaired) electrons. The number of quaternary nitrogens is 1. The lowest BCUT2D eigenvalue weighted by molar-refractivity contribution is -0.862. The third-order valence-electron chi connectivity index (χ3n) is 2.18. The Kier molecular flexibility index (Phi) is 4.01. The number of nitrogens with zero attached hydrogens (tertiary/aromatic N) is 2. The molecule has 0 unspecified atom stereocenters. The van der Waals surface area contributed by atoms with Crippen molar-refractivity contribution in [2.45, 2.75) is 0 Å². The van der Waals surface area contributed by atoms with Crippen molar-refractivity contribution >= 4 is 17.7 Å². The summed E-state index contributed by atoms with van der Waals surface area (Å²) in [5.74, 6) is -0.740. The van der Waals surface area contributed by atoms with E-state index in [0.29, 0.717) is 11.0 Å². The molecular weight excluding hydrogens is 222 g/mol. The van der Waals surface area contributed by atoms with Gasteiger partial charge in [-0.2, -0.15) is 0 Å². The highest BCUT2D eigenvalue weighted by Crippen LogP contribution is 2.01. The summed E-state index contributed by atoms with van der Waals surface area (Å²) in [6.07, 6.45) is 2.46. The third-order valence-corrected chi connectivity index (χ3v) is 2.18. The van der Waals surface area contributed by atoms with E-state index in [1.54, 1.807) is 0 Å². The maximum absolute atomic E-state index is 11.5. The summed E-state index contributed by atoms with van der Waals surface area (Å²) in [4.78, 5) is 35.0. The molecule has 3 amide bonds. The molecule has 17 heavy (non-hydrogen) atoms. The van der Waals surface area contributed by atoms with Crippen LogP contribution in [0.2, 0.25) is 0 Å². The van der Waals surface area contributed by atoms with Crippen molar-refractivity contribution in [3.8, 4) is 0 Å². The lowest BCUT2D eigenvalue weighted by Gasteiger charge is -2.23. The second-order valence-electron chi connectivity index (χ2n) is 4.96. The summed E-state index contributed by atoms with van der Waals surface area (Å²) in [5, 5.41) is 2.68. The number of nitrogens with one attached hydrogen (secondary N) is 1. The first kappa shape index (κ1) is 13.4. The van der Waals surface area contributed by atoms with E-state index in [0.717, 1.165) is 4.90 Å². The molecule has 0 fully saturated rings. The van der Waals surface area contributed by atoms with E-state index in [9.17, 15) is 14.4 Å². The van der Waals surface area contributed by atoms with Crippen LogP contribution in [0.4, 0.5) is 0 Å². The van der Waals surface area contributed by atoms with Gasteiger partial charge in [0, 0.05) is 25.2 Å². The Balaban J connectivity index is 2.27. The maximum Gasteiger partial charge on any atom is 0.275 e. The van der Waals surface area contributed by atoms with E-state index in [1.165, 1.54) is 12.2 Å². The number of imide groups is 1. The Labute approximate surface area is 100 Å². The Morgan fingerprint density at radius 1 is 1.24 bits per heavy atom. The lowest BCUT2D eigenvalue weighted by Crippen LogP contribution is -2.46. The minimum absolute atomic E-state index is 0.0930. The summed E-state index contributed by atoms with van der Waals surface area (Å²) < 4.78 is 0.537. The number of carbonyl (C=O) groups excluding carboxylic acids is 3. The van der Waals surface area contributed by atoms with Gasteiger partial charge in [0.25, 0.3) is 17.7 Å². The van der Waals surface area contributed by atoms with Crippen LogP contribution in [0.15, 0.2) is 12.2 Å². The van der Waals surface area contributed by atoms with Crippen LogP contribution < -0.4 is 5.32 Å². The van der Waals surface area contributed by atoms with E-state index < -0.39 is 0 Å². The molecule has 0 aromatic carbocycles. The number of amides is 3. The third kappa shape index (κ3) is 4.36. The predicted octanol–water partition coefficient (Wildman–Crippen LogP) is -1.27. The van der Waals surface area contributed by atoms with Gasteiger partial charge in [-0.25, -0.2) is 0 Å². The van der Waals surface area contributed by atoms with Crippen molar-refractivity contribution in [1.29, 1.82) is 0 Å². The minimum atomic E-state index is -0.323. The number of likely N-dealkylation sites (N-methyl/N-ethyl adjacent to an activating group) is 1. The number of hydrogen-bond acceptors (Lipinski definition) is 3. The van der Waals surface area contributed by atoms with Gasteiger partial charge in [0.2, 0.25) is 0 Å². The van der Waals surface area contributed by atoms with Gasteiger partial charge in [0.1, 0.15) is 0 Å². The zero-order chi connectivity index (χ0) is 13.1. The highest BCUT2D eigenvalue weighted by atomic mass is 16.2. The Morgan fingerprint density at radius 2 is 1.76 bits per heavy atom. The summed E-state index contributed by atoms with van der Waals surface area (Å²) >= 11 is 0. The smallest absolute Gasteiger partial charge is 0.275 e. The molecule has 1 rings (SSSR count). The SMILES string of the molecule is C[N+](C)(C)CC(=O)NCCN1C(=O)C=CC1=O. The highest BCUT2D eigenvalue weighted by molar-refractivity contribution is 6.12. The van der Waals surface area contributed by atoms with Crippen LogP contribution in [0.1, 0.15) is 0 Å². The molecule has 1 aliphatic heterocycles. The van der Waals surface area contributed by atoms with E-state index >= 15 is 0 Å². The molecule has 6 heteroatoms. The molecule has 0 spiro atoms. The van der Waals surface area contributed by atoms with Gasteiger partial charge in [-0.05, 0) is 0 Å². The van der Waals surface area contributed by atoms with Crippen LogP contribution in [-0.2, 0) is 14.4 Å². The molecule has 1 N–H and O–H groups in total. The molecular formula is C11H18N3O3+. The predicted molar refractivity (Wildman–Crippen MR) is 61.8 cm³/mol. The van der Waals surface area contributed by atoms with Gasteiger partial charge in [0.15, 0.2) is 6.54 Å². The maximum atomic E-state index is 11.5. The van der Waals surface area contributed by atoms with Gasteiger partial charge in [0.05, 0.1) is 21.1 Å². The van der Waals surface area contributed by atoms with Crippen molar-refractivity contribution in [3.63, 3.8) is 0 Å². The summed E-state index contributed by atoms with van der Waals surface area (Å²) in [6.45, 7) is 0.867. The van der Waals surface area contributed by atoms with Crippen LogP contribution in [0.5, 0.6) is 0 Å². The zero-order valence-electron chi connectivity index (χ0n) is 10.4. The fourth-order valence-electron chi connectivity index (χ4n) is 1.45. The Morgan fingerprint density at radius 3 is 2.24 bits per heavy atom. The minimum Gasteiger partial charge on any atom is -0.349 e. The van der Waals surface area contributed by atoms with E-state index in [4.69, 9.17) is 0 Å². The van der Waals surface area contributed by atoms with Gasteiger partial charge < -0.3 is 9.80 Å². The molecule has 0 saturated carbocycles. The molecule has 1 aliphatic rings. The van der Waals surface area contributed by atoms with Crippen LogP contribution in [-0.4, -0.2) is 67.9 Å². The molecule has 1 heterocycles. The van der Waals surface area contributed by atoms with Crippen molar-refractivity contribution in [2.75, 3.05) is 40.8 Å². The second-order valence-corrected chi connectivity index (χ2v) is 4.96. The quantitative estimate of drug-likeness (QED) is 0.481. The van der Waals surface area contributed by atoms with Crippen molar-refractivity contribution in [2.24, 2.45) is 0 Å². The monoisotopic (exact) mass is 240 g/mol. The standard InChI is InChI=1S/C11H17N3O3/c1-14(2,3)8-9(15)12-6-7-13-10(16)4-5-11(13)17/h4-5H,6-8H2,1-3H3/p+1. The fraction of sp³-hybridized carbons (Fsp3) is 0.545. The van der Waals surface area contributed by atoms with Gasteiger partial charge in [-0.1, -0.05) is 0 Å². The number of hydrogen-bond donors (Lipinski definition) is 1. The van der Waals surface area contributed by atoms with E-state index in [1.807, 2.05) is 21.1 Å². The zero-order valence-corrected chi connectivity index (χ0v) is 10.4. The summed E-state index contributed by atoms with van der Waals surface area (Å²) in [5.41, 5.74) is 0. The topological polar surface area (TPSA) is 66.5 Å². The molecule has 0 saturated heterocycles. The molecule has 0 aromatic heterocycles. The highest BCUT2D eigenvalue weighted by Gasteiger charge is 2.23. The molecule has 0 atom stereocenters. The van der Waals surface area contributed by atoms with Gasteiger partial charge >= 0.3 is 0 Å². The van der Waals surface area contributed by atoms with Crippen molar-refractivity contribution < 1.29 is 18.9 Å². The summed E-state index contributed by atoms with van der Waals surface area (Å²) in [6, 6.07) is 0. The fourth-order valence-corrected chi connectivity index (χ4v) is 1.45. The number of carbonyl (C=O) groups is 3. The van der Waals surface area contributed by atoms with Crippen molar-refractivity contribution in [3.05, 3.63) is 12.2 Å².